The topological polar surface area (TPSA) is 76.6 Å². The molecule has 0 radical (unpaired) electrons. The first kappa shape index (κ1) is 20.5. The summed E-state index contributed by atoms with van der Waals surface area (Å²) in [6.07, 6.45) is 2.68. The number of fused-ring (bicyclic) bond motifs is 1. The van der Waals surface area contributed by atoms with Gasteiger partial charge in [-0.2, -0.15) is 4.31 Å². The highest BCUT2D eigenvalue weighted by molar-refractivity contribution is 7.89. The first-order valence-corrected chi connectivity index (χ1v) is 11.4. The van der Waals surface area contributed by atoms with Gasteiger partial charge in [0.15, 0.2) is 5.78 Å². The Morgan fingerprint density at radius 3 is 2.47 bits per heavy atom. The number of hydrogen-bond donors (Lipinski definition) is 0. The van der Waals surface area contributed by atoms with Crippen LogP contribution in [-0.4, -0.2) is 43.7 Å². The summed E-state index contributed by atoms with van der Waals surface area (Å²) in [7, 11) is -2.10. The molecule has 2 heterocycles. The van der Waals surface area contributed by atoms with Crippen molar-refractivity contribution in [2.75, 3.05) is 20.2 Å². The summed E-state index contributed by atoms with van der Waals surface area (Å²) in [5, 5.41) is 0.806. The summed E-state index contributed by atoms with van der Waals surface area (Å²) in [6, 6.07) is 14.2. The van der Waals surface area contributed by atoms with Gasteiger partial charge in [0, 0.05) is 36.2 Å². The largest absolute Gasteiger partial charge is 0.497 e. The van der Waals surface area contributed by atoms with Crippen LogP contribution in [0.5, 0.6) is 5.75 Å². The highest BCUT2D eigenvalue weighted by Gasteiger charge is 2.33. The van der Waals surface area contributed by atoms with Crippen molar-refractivity contribution in [3.05, 3.63) is 65.9 Å². The van der Waals surface area contributed by atoms with Gasteiger partial charge in [0.1, 0.15) is 10.6 Å². The summed E-state index contributed by atoms with van der Waals surface area (Å²) in [6.45, 7) is 2.56. The van der Waals surface area contributed by atoms with E-state index in [9.17, 15) is 13.2 Å². The minimum atomic E-state index is -3.68. The third kappa shape index (κ3) is 3.82. The quantitative estimate of drug-likeness (QED) is 0.582. The molecule has 4 rings (SSSR count). The first-order chi connectivity index (χ1) is 14.4. The fraction of sp³-hybridized carbons (Fsp3) is 0.304. The van der Waals surface area contributed by atoms with Gasteiger partial charge in [-0.15, -0.1) is 0 Å². The zero-order chi connectivity index (χ0) is 21.3. The van der Waals surface area contributed by atoms with E-state index in [0.717, 1.165) is 10.9 Å². The maximum absolute atomic E-state index is 13.3. The number of aromatic nitrogens is 1. The van der Waals surface area contributed by atoms with Crippen LogP contribution in [0, 0.1) is 12.8 Å². The first-order valence-electron chi connectivity index (χ1n) is 9.94. The molecule has 0 saturated carbocycles. The number of ketones is 1. The molecule has 1 aliphatic rings. The lowest BCUT2D eigenvalue weighted by Gasteiger charge is -2.30. The van der Waals surface area contributed by atoms with Gasteiger partial charge in [-0.1, -0.05) is 12.1 Å². The van der Waals surface area contributed by atoms with E-state index < -0.39 is 10.0 Å². The number of methoxy groups -OCH3 is 1. The van der Waals surface area contributed by atoms with Crippen molar-refractivity contribution in [2.45, 2.75) is 24.7 Å². The zero-order valence-corrected chi connectivity index (χ0v) is 17.9. The molecule has 0 unspecified atom stereocenters. The third-order valence-electron chi connectivity index (χ3n) is 5.63. The molecule has 6 nitrogen and oxygen atoms in total. The molecule has 0 bridgehead atoms. The molecular weight excluding hydrogens is 400 g/mol. The van der Waals surface area contributed by atoms with Gasteiger partial charge in [0.05, 0.1) is 12.6 Å². The monoisotopic (exact) mass is 424 g/mol. The average Bonchev–Trinajstić information content (AvgIpc) is 2.78. The molecule has 0 atom stereocenters. The SMILES string of the molecule is COc1ccc(C(=O)C2CCN(S(=O)(=O)c3cccc4cc(C)cnc34)CC2)cc1. The van der Waals surface area contributed by atoms with E-state index in [2.05, 4.69) is 4.98 Å². The second kappa shape index (κ2) is 8.16. The van der Waals surface area contributed by atoms with Crippen LogP contribution in [0.25, 0.3) is 10.9 Å². The number of para-hydroxylation sites is 1. The van der Waals surface area contributed by atoms with Gasteiger partial charge in [-0.05, 0) is 61.7 Å². The van der Waals surface area contributed by atoms with Crippen molar-refractivity contribution in [1.82, 2.24) is 9.29 Å². The second-order valence-corrected chi connectivity index (χ2v) is 9.52. The van der Waals surface area contributed by atoms with Gasteiger partial charge < -0.3 is 4.74 Å². The summed E-state index contributed by atoms with van der Waals surface area (Å²) in [5.41, 5.74) is 2.10. The summed E-state index contributed by atoms with van der Waals surface area (Å²) in [5.74, 6) is 0.571. The Kier molecular flexibility index (Phi) is 5.58. The third-order valence-corrected chi connectivity index (χ3v) is 7.56. The molecular formula is C23H24N2O4S. The lowest BCUT2D eigenvalue weighted by molar-refractivity contribution is 0.0875. The molecule has 0 aliphatic carbocycles. The number of ether oxygens (including phenoxy) is 1. The number of benzene rings is 2. The molecule has 0 amide bonds. The Balaban J connectivity index is 1.51. The van der Waals surface area contributed by atoms with Crippen molar-refractivity contribution in [1.29, 1.82) is 0 Å². The van der Waals surface area contributed by atoms with E-state index in [1.54, 1.807) is 49.7 Å². The number of Topliss-reactive ketones (excluding diaryl/α,β-unsaturated/α-hetero) is 1. The molecule has 1 aromatic heterocycles. The van der Waals surface area contributed by atoms with Crippen LogP contribution < -0.4 is 4.74 Å². The number of sulfonamides is 1. The van der Waals surface area contributed by atoms with Crippen LogP contribution in [0.3, 0.4) is 0 Å². The molecule has 0 N–H and O–H groups in total. The molecule has 1 aliphatic heterocycles. The maximum atomic E-state index is 13.3. The van der Waals surface area contributed by atoms with Gasteiger partial charge in [0.2, 0.25) is 10.0 Å². The van der Waals surface area contributed by atoms with Crippen LogP contribution in [0.4, 0.5) is 0 Å². The van der Waals surface area contributed by atoms with E-state index in [1.165, 1.54) is 4.31 Å². The minimum absolute atomic E-state index is 0.0528. The second-order valence-electron chi connectivity index (χ2n) is 7.61. The smallest absolute Gasteiger partial charge is 0.245 e. The zero-order valence-electron chi connectivity index (χ0n) is 17.0. The van der Waals surface area contributed by atoms with Gasteiger partial charge in [0.25, 0.3) is 0 Å². The number of rotatable bonds is 5. The summed E-state index contributed by atoms with van der Waals surface area (Å²) >= 11 is 0. The molecule has 2 aromatic carbocycles. The summed E-state index contributed by atoms with van der Waals surface area (Å²) in [4.78, 5) is 17.4. The highest BCUT2D eigenvalue weighted by Crippen LogP contribution is 2.29. The molecule has 7 heteroatoms. The molecule has 30 heavy (non-hydrogen) atoms. The maximum Gasteiger partial charge on any atom is 0.245 e. The van der Waals surface area contributed by atoms with Gasteiger partial charge in [-0.3, -0.25) is 9.78 Å². The molecule has 0 spiro atoms. The number of carbonyl (C=O) groups is 1. The Bertz CT molecular complexity index is 1180. The number of piperidine rings is 1. The van der Waals surface area contributed by atoms with Gasteiger partial charge in [-0.25, -0.2) is 8.42 Å². The fourth-order valence-electron chi connectivity index (χ4n) is 3.94. The van der Waals surface area contributed by atoms with Crippen molar-refractivity contribution in [3.8, 4) is 5.75 Å². The van der Waals surface area contributed by atoms with E-state index in [0.29, 0.717) is 42.8 Å². The van der Waals surface area contributed by atoms with E-state index >= 15 is 0 Å². The predicted molar refractivity (Wildman–Crippen MR) is 115 cm³/mol. The van der Waals surface area contributed by atoms with Gasteiger partial charge >= 0.3 is 0 Å². The molecule has 156 valence electrons. The van der Waals surface area contributed by atoms with E-state index in [-0.39, 0.29) is 16.6 Å². The number of carbonyl (C=O) groups excluding carboxylic acids is 1. The standard InChI is InChI=1S/C23H24N2O4S/c1-16-14-19-4-3-5-21(22(19)24-15-16)30(27,28)25-12-10-18(11-13-25)23(26)17-6-8-20(29-2)9-7-17/h3-9,14-15,18H,10-13H2,1-2H3. The van der Waals surface area contributed by atoms with E-state index in [4.69, 9.17) is 4.74 Å². The molecule has 1 saturated heterocycles. The van der Waals surface area contributed by atoms with Crippen molar-refractivity contribution in [3.63, 3.8) is 0 Å². The van der Waals surface area contributed by atoms with Crippen molar-refractivity contribution >= 4 is 26.7 Å². The van der Waals surface area contributed by atoms with Crippen LogP contribution in [0.15, 0.2) is 59.6 Å². The predicted octanol–water partition coefficient (Wildman–Crippen LogP) is 3.84. The lowest BCUT2D eigenvalue weighted by Crippen LogP contribution is -2.40. The molecule has 1 fully saturated rings. The minimum Gasteiger partial charge on any atom is -0.497 e. The Hall–Kier alpha value is -2.77. The van der Waals surface area contributed by atoms with Crippen LogP contribution >= 0.6 is 0 Å². The molecule has 3 aromatic rings. The van der Waals surface area contributed by atoms with Crippen LogP contribution in [0.2, 0.25) is 0 Å². The number of hydrogen-bond acceptors (Lipinski definition) is 5. The lowest BCUT2D eigenvalue weighted by atomic mass is 9.89. The number of aryl methyl sites for hydroxylation is 1. The number of pyridine rings is 1. The van der Waals surface area contributed by atoms with E-state index in [1.807, 2.05) is 19.1 Å². The normalized spacial score (nSPS) is 15.9. The van der Waals surface area contributed by atoms with Crippen LogP contribution in [0.1, 0.15) is 28.8 Å². The van der Waals surface area contributed by atoms with Crippen molar-refractivity contribution in [2.24, 2.45) is 5.92 Å². The van der Waals surface area contributed by atoms with Crippen LogP contribution in [-0.2, 0) is 10.0 Å². The highest BCUT2D eigenvalue weighted by atomic mass is 32.2. The Morgan fingerprint density at radius 2 is 1.80 bits per heavy atom. The average molecular weight is 425 g/mol. The summed E-state index contributed by atoms with van der Waals surface area (Å²) < 4.78 is 33.2. The Morgan fingerprint density at radius 1 is 1.10 bits per heavy atom. The van der Waals surface area contributed by atoms with Crippen molar-refractivity contribution < 1.29 is 17.9 Å². The number of nitrogens with zero attached hydrogens (tertiary/aromatic N) is 2. The Labute approximate surface area is 176 Å². The fourth-order valence-corrected chi connectivity index (χ4v) is 5.57.